The predicted molar refractivity (Wildman–Crippen MR) is 113 cm³/mol. The van der Waals surface area contributed by atoms with E-state index in [9.17, 15) is 8.42 Å². The van der Waals surface area contributed by atoms with Gasteiger partial charge >= 0.3 is 0 Å². The first kappa shape index (κ1) is 18.8. The van der Waals surface area contributed by atoms with Crippen molar-refractivity contribution in [3.8, 4) is 0 Å². The highest BCUT2D eigenvalue weighted by molar-refractivity contribution is 7.92. The number of nitrogens with one attached hydrogen (secondary N) is 2. The maximum absolute atomic E-state index is 12.8. The number of para-hydroxylation sites is 2. The Bertz CT molecular complexity index is 1220. The van der Waals surface area contributed by atoms with Crippen molar-refractivity contribution in [1.29, 1.82) is 0 Å². The van der Waals surface area contributed by atoms with Gasteiger partial charge in [0.15, 0.2) is 11.6 Å². The Hall–Kier alpha value is -3.52. The van der Waals surface area contributed by atoms with Crippen molar-refractivity contribution in [1.82, 2.24) is 15.0 Å². The number of fused-ring (bicyclic) bond motifs is 1. The van der Waals surface area contributed by atoms with Crippen molar-refractivity contribution in [2.45, 2.75) is 11.3 Å². The molecule has 7 nitrogen and oxygen atoms in total. The highest BCUT2D eigenvalue weighted by Crippen LogP contribution is 2.24. The summed E-state index contributed by atoms with van der Waals surface area (Å²) in [5.41, 5.74) is 2.21. The summed E-state index contributed by atoms with van der Waals surface area (Å²) in [6.07, 6.45) is 2.41. The smallest absolute Gasteiger partial charge is 0.263 e. The number of rotatable bonds is 7. The lowest BCUT2D eigenvalue weighted by molar-refractivity contribution is 0.601. The molecule has 2 aromatic carbocycles. The van der Waals surface area contributed by atoms with E-state index in [1.807, 2.05) is 36.4 Å². The van der Waals surface area contributed by atoms with Crippen LogP contribution in [-0.2, 0) is 16.4 Å². The first-order valence-electron chi connectivity index (χ1n) is 9.10. The van der Waals surface area contributed by atoms with Crippen molar-refractivity contribution in [2.24, 2.45) is 0 Å². The van der Waals surface area contributed by atoms with Gasteiger partial charge in [-0.2, -0.15) is 0 Å². The van der Waals surface area contributed by atoms with Gasteiger partial charge in [-0.1, -0.05) is 36.4 Å². The minimum atomic E-state index is -3.79. The molecule has 29 heavy (non-hydrogen) atoms. The summed E-state index contributed by atoms with van der Waals surface area (Å²) in [5, 5.41) is 3.19. The standard InChI is InChI=1S/C21H19N5O2S/c27-29(28,17-9-2-1-3-10-17)26-21-20(23-15-13-16-8-6-7-14-22-16)24-18-11-4-5-12-19(18)25-21/h1-12,14H,13,15H2,(H,23,24)(H,25,26). The Morgan fingerprint density at radius 3 is 2.10 bits per heavy atom. The molecule has 4 rings (SSSR count). The van der Waals surface area contributed by atoms with Crippen molar-refractivity contribution < 1.29 is 8.42 Å². The first-order valence-corrected chi connectivity index (χ1v) is 10.6. The average Bonchev–Trinajstić information content (AvgIpc) is 2.75. The average molecular weight is 405 g/mol. The lowest BCUT2D eigenvalue weighted by Gasteiger charge is -2.13. The van der Waals surface area contributed by atoms with Crippen LogP contribution in [0.2, 0.25) is 0 Å². The van der Waals surface area contributed by atoms with Crippen LogP contribution in [0.5, 0.6) is 0 Å². The fourth-order valence-electron chi connectivity index (χ4n) is 2.84. The van der Waals surface area contributed by atoms with E-state index in [0.717, 1.165) is 5.69 Å². The van der Waals surface area contributed by atoms with Crippen molar-refractivity contribution >= 4 is 32.7 Å². The van der Waals surface area contributed by atoms with Gasteiger partial charge in [0.25, 0.3) is 10.0 Å². The van der Waals surface area contributed by atoms with Gasteiger partial charge in [-0.3, -0.25) is 9.71 Å². The molecule has 0 saturated heterocycles. The van der Waals surface area contributed by atoms with E-state index in [1.165, 1.54) is 12.1 Å². The van der Waals surface area contributed by atoms with Crippen LogP contribution in [0.4, 0.5) is 11.6 Å². The topological polar surface area (TPSA) is 96.9 Å². The van der Waals surface area contributed by atoms with E-state index in [0.29, 0.717) is 29.8 Å². The fraction of sp³-hybridized carbons (Fsp3) is 0.0952. The summed E-state index contributed by atoms with van der Waals surface area (Å²) < 4.78 is 28.1. The number of benzene rings is 2. The van der Waals surface area contributed by atoms with E-state index in [2.05, 4.69) is 25.0 Å². The summed E-state index contributed by atoms with van der Waals surface area (Å²) >= 11 is 0. The molecule has 0 spiro atoms. The molecule has 0 atom stereocenters. The number of pyridine rings is 1. The second-order valence-electron chi connectivity index (χ2n) is 6.33. The molecule has 0 saturated carbocycles. The fourth-order valence-corrected chi connectivity index (χ4v) is 3.87. The van der Waals surface area contributed by atoms with E-state index < -0.39 is 10.0 Å². The highest BCUT2D eigenvalue weighted by Gasteiger charge is 2.18. The molecule has 8 heteroatoms. The Kier molecular flexibility index (Phi) is 5.35. The SMILES string of the molecule is O=S(=O)(Nc1nc2ccccc2nc1NCCc1ccccn1)c1ccccc1. The van der Waals surface area contributed by atoms with Gasteiger partial charge in [-0.25, -0.2) is 18.4 Å². The zero-order valence-corrected chi connectivity index (χ0v) is 16.3. The van der Waals surface area contributed by atoms with Gasteiger partial charge < -0.3 is 5.32 Å². The van der Waals surface area contributed by atoms with E-state index in [1.54, 1.807) is 30.5 Å². The number of hydrogen-bond donors (Lipinski definition) is 2. The summed E-state index contributed by atoms with van der Waals surface area (Å²) in [6, 6.07) is 21.2. The van der Waals surface area contributed by atoms with Gasteiger partial charge in [0.1, 0.15) is 0 Å². The third-order valence-electron chi connectivity index (χ3n) is 4.25. The lowest BCUT2D eigenvalue weighted by Crippen LogP contribution is -2.17. The number of hydrogen-bond acceptors (Lipinski definition) is 6. The zero-order chi connectivity index (χ0) is 20.1. The Morgan fingerprint density at radius 1 is 0.759 bits per heavy atom. The highest BCUT2D eigenvalue weighted by atomic mass is 32.2. The molecule has 146 valence electrons. The lowest BCUT2D eigenvalue weighted by atomic mass is 10.2. The van der Waals surface area contributed by atoms with Crippen LogP contribution in [0.15, 0.2) is 83.9 Å². The first-order chi connectivity index (χ1) is 14.1. The molecule has 0 aliphatic carbocycles. The van der Waals surface area contributed by atoms with E-state index in [4.69, 9.17) is 0 Å². The number of nitrogens with zero attached hydrogens (tertiary/aromatic N) is 3. The van der Waals surface area contributed by atoms with Crippen LogP contribution in [0, 0.1) is 0 Å². The molecule has 0 unspecified atom stereocenters. The number of anilines is 2. The molecule has 2 N–H and O–H groups in total. The Balaban J connectivity index is 1.63. The van der Waals surface area contributed by atoms with Gasteiger partial charge in [0, 0.05) is 24.9 Å². The van der Waals surface area contributed by atoms with Gasteiger partial charge in [-0.05, 0) is 36.4 Å². The molecular formula is C21H19N5O2S. The second kappa shape index (κ2) is 8.24. The van der Waals surface area contributed by atoms with Crippen molar-refractivity contribution in [3.05, 3.63) is 84.7 Å². The predicted octanol–water partition coefficient (Wildman–Crippen LogP) is 3.48. The van der Waals surface area contributed by atoms with E-state index >= 15 is 0 Å². The molecule has 0 aliphatic heterocycles. The van der Waals surface area contributed by atoms with Crippen LogP contribution in [0.1, 0.15) is 5.69 Å². The largest absolute Gasteiger partial charge is 0.367 e. The monoisotopic (exact) mass is 405 g/mol. The normalized spacial score (nSPS) is 11.3. The zero-order valence-electron chi connectivity index (χ0n) is 15.5. The van der Waals surface area contributed by atoms with Gasteiger partial charge in [-0.15, -0.1) is 0 Å². The molecule has 2 aromatic heterocycles. The Morgan fingerprint density at radius 2 is 1.41 bits per heavy atom. The molecule has 2 heterocycles. The molecule has 0 radical (unpaired) electrons. The molecular weight excluding hydrogens is 386 g/mol. The summed E-state index contributed by atoms with van der Waals surface area (Å²) in [6.45, 7) is 0.532. The molecule has 0 bridgehead atoms. The van der Waals surface area contributed by atoms with Crippen LogP contribution < -0.4 is 10.0 Å². The van der Waals surface area contributed by atoms with Crippen molar-refractivity contribution in [2.75, 3.05) is 16.6 Å². The second-order valence-corrected chi connectivity index (χ2v) is 8.01. The molecule has 4 aromatic rings. The minimum absolute atomic E-state index is 0.161. The summed E-state index contributed by atoms with van der Waals surface area (Å²) in [4.78, 5) is 13.5. The van der Waals surface area contributed by atoms with Crippen LogP contribution in [-0.4, -0.2) is 29.9 Å². The minimum Gasteiger partial charge on any atom is -0.367 e. The molecule has 0 amide bonds. The van der Waals surface area contributed by atoms with Gasteiger partial charge in [0.05, 0.1) is 15.9 Å². The maximum atomic E-state index is 12.8. The maximum Gasteiger partial charge on any atom is 0.263 e. The van der Waals surface area contributed by atoms with E-state index in [-0.39, 0.29) is 10.7 Å². The van der Waals surface area contributed by atoms with Crippen LogP contribution in [0.3, 0.4) is 0 Å². The summed E-state index contributed by atoms with van der Waals surface area (Å²) in [7, 11) is -3.79. The number of aromatic nitrogens is 3. The van der Waals surface area contributed by atoms with Crippen LogP contribution >= 0.6 is 0 Å². The van der Waals surface area contributed by atoms with Crippen molar-refractivity contribution in [3.63, 3.8) is 0 Å². The molecule has 0 fully saturated rings. The summed E-state index contributed by atoms with van der Waals surface area (Å²) in [5.74, 6) is 0.535. The Labute approximate surface area is 168 Å². The number of sulfonamides is 1. The van der Waals surface area contributed by atoms with Crippen LogP contribution in [0.25, 0.3) is 11.0 Å². The van der Waals surface area contributed by atoms with Gasteiger partial charge in [0.2, 0.25) is 0 Å². The third-order valence-corrected chi connectivity index (χ3v) is 5.61. The molecule has 0 aliphatic rings. The third kappa shape index (κ3) is 4.49. The quantitative estimate of drug-likeness (QED) is 0.489.